The molecular formula is C14H18ClN3O3. The molecule has 7 heteroatoms. The van der Waals surface area contributed by atoms with Gasteiger partial charge in [-0.2, -0.15) is 5.10 Å². The number of phenolic OH excluding ortho intramolecular Hbond substituents is 1. The Bertz CT molecular complexity index is 571. The van der Waals surface area contributed by atoms with E-state index in [0.29, 0.717) is 10.7 Å². The molecular weight excluding hydrogens is 294 g/mol. The average Bonchev–Trinajstić information content (AvgIpc) is 2.37. The lowest BCUT2D eigenvalue weighted by atomic mass is 10.2. The fraction of sp³-hybridized carbons (Fsp3) is 0.357. The zero-order valence-corrected chi connectivity index (χ0v) is 12.9. The van der Waals surface area contributed by atoms with E-state index in [1.807, 2.05) is 13.8 Å². The fourth-order valence-electron chi connectivity index (χ4n) is 1.54. The van der Waals surface area contributed by atoms with Crippen LogP contribution in [0.1, 0.15) is 37.6 Å². The summed E-state index contributed by atoms with van der Waals surface area (Å²) in [6.07, 6.45) is 0.0833. The number of halogens is 1. The first-order chi connectivity index (χ1) is 9.79. The van der Waals surface area contributed by atoms with E-state index in [2.05, 4.69) is 15.8 Å². The van der Waals surface area contributed by atoms with Gasteiger partial charge in [0.2, 0.25) is 5.91 Å². The Hall–Kier alpha value is -2.08. The van der Waals surface area contributed by atoms with Crippen LogP contribution in [0.4, 0.5) is 0 Å². The molecule has 1 aromatic rings. The molecule has 1 aromatic carbocycles. The number of phenols is 1. The van der Waals surface area contributed by atoms with Crippen LogP contribution < -0.4 is 10.7 Å². The van der Waals surface area contributed by atoms with Crippen molar-refractivity contribution in [1.82, 2.24) is 10.7 Å². The predicted octanol–water partition coefficient (Wildman–Crippen LogP) is 2.07. The number of carbonyl (C=O) groups excluding carboxylic acids is 2. The zero-order chi connectivity index (χ0) is 16.0. The number of hydrogen-bond acceptors (Lipinski definition) is 4. The van der Waals surface area contributed by atoms with Crippen LogP contribution in [0, 0.1) is 0 Å². The molecule has 0 spiro atoms. The van der Waals surface area contributed by atoms with E-state index in [4.69, 9.17) is 11.6 Å². The molecule has 21 heavy (non-hydrogen) atoms. The first kappa shape index (κ1) is 17.0. The number of nitrogens with one attached hydrogen (secondary N) is 2. The first-order valence-corrected chi connectivity index (χ1v) is 6.78. The summed E-state index contributed by atoms with van der Waals surface area (Å²) in [7, 11) is 0. The van der Waals surface area contributed by atoms with Crippen molar-refractivity contribution in [2.24, 2.45) is 5.10 Å². The first-order valence-electron chi connectivity index (χ1n) is 6.41. The number of amides is 2. The molecule has 0 saturated heterocycles. The third-order valence-corrected chi connectivity index (χ3v) is 2.65. The van der Waals surface area contributed by atoms with Gasteiger partial charge in [-0.3, -0.25) is 9.59 Å². The van der Waals surface area contributed by atoms with E-state index in [9.17, 15) is 14.7 Å². The summed E-state index contributed by atoms with van der Waals surface area (Å²) in [4.78, 5) is 23.4. The van der Waals surface area contributed by atoms with E-state index >= 15 is 0 Å². The van der Waals surface area contributed by atoms with Crippen LogP contribution in [0.3, 0.4) is 0 Å². The highest BCUT2D eigenvalue weighted by molar-refractivity contribution is 6.31. The Kier molecular flexibility index (Phi) is 6.17. The van der Waals surface area contributed by atoms with Crippen LogP contribution in [0.15, 0.2) is 23.3 Å². The summed E-state index contributed by atoms with van der Waals surface area (Å²) in [5.74, 6) is -0.966. The number of benzene rings is 1. The molecule has 0 atom stereocenters. The molecule has 0 radical (unpaired) electrons. The molecule has 0 unspecified atom stereocenters. The van der Waals surface area contributed by atoms with Gasteiger partial charge in [-0.05, 0) is 39.0 Å². The number of aromatic hydroxyl groups is 1. The van der Waals surface area contributed by atoms with Crippen LogP contribution in [0.25, 0.3) is 0 Å². The van der Waals surface area contributed by atoms with Crippen molar-refractivity contribution in [3.05, 3.63) is 28.8 Å². The van der Waals surface area contributed by atoms with Gasteiger partial charge < -0.3 is 10.4 Å². The van der Waals surface area contributed by atoms with Gasteiger partial charge in [-0.1, -0.05) is 11.6 Å². The number of hydrazone groups is 1. The van der Waals surface area contributed by atoms with Crippen molar-refractivity contribution >= 4 is 29.1 Å². The molecule has 0 aliphatic heterocycles. The number of rotatable bonds is 5. The van der Waals surface area contributed by atoms with Crippen molar-refractivity contribution in [1.29, 1.82) is 0 Å². The van der Waals surface area contributed by atoms with E-state index in [1.165, 1.54) is 18.2 Å². The van der Waals surface area contributed by atoms with Crippen LogP contribution in [-0.4, -0.2) is 28.7 Å². The van der Waals surface area contributed by atoms with Crippen LogP contribution >= 0.6 is 11.6 Å². The Morgan fingerprint density at radius 3 is 2.67 bits per heavy atom. The monoisotopic (exact) mass is 311 g/mol. The molecule has 3 N–H and O–H groups in total. The molecule has 0 aliphatic carbocycles. The maximum Gasteiger partial charge on any atom is 0.275 e. The summed E-state index contributed by atoms with van der Waals surface area (Å²) in [5.41, 5.74) is 2.74. The van der Waals surface area contributed by atoms with Crippen molar-refractivity contribution in [3.8, 4) is 5.75 Å². The Balaban J connectivity index is 2.64. The third-order valence-electron chi connectivity index (χ3n) is 2.42. The van der Waals surface area contributed by atoms with Gasteiger partial charge in [0.15, 0.2) is 0 Å². The standard InChI is InChI=1S/C14H18ClN3O3/c1-8(2)16-13(20)6-9(3)17-18-14(21)11-7-10(15)4-5-12(11)19/h4-5,7-8,19H,6H2,1-3H3,(H,16,20)(H,18,21)/b17-9+. The SMILES string of the molecule is C/C(CC(=O)NC(C)C)=N\NC(=O)c1cc(Cl)ccc1O. The van der Waals surface area contributed by atoms with E-state index < -0.39 is 5.91 Å². The fourth-order valence-corrected chi connectivity index (χ4v) is 1.71. The molecule has 2 amide bonds. The smallest absolute Gasteiger partial charge is 0.275 e. The summed E-state index contributed by atoms with van der Waals surface area (Å²) < 4.78 is 0. The van der Waals surface area contributed by atoms with Crippen molar-refractivity contribution < 1.29 is 14.7 Å². The molecule has 6 nitrogen and oxygen atoms in total. The van der Waals surface area contributed by atoms with E-state index in [-0.39, 0.29) is 29.7 Å². The van der Waals surface area contributed by atoms with Crippen LogP contribution in [0.5, 0.6) is 5.75 Å². The van der Waals surface area contributed by atoms with Gasteiger partial charge >= 0.3 is 0 Å². The minimum Gasteiger partial charge on any atom is -0.507 e. The maximum atomic E-state index is 11.8. The van der Waals surface area contributed by atoms with Gasteiger partial charge in [0, 0.05) is 16.8 Å². The highest BCUT2D eigenvalue weighted by atomic mass is 35.5. The van der Waals surface area contributed by atoms with Crippen molar-refractivity contribution in [2.75, 3.05) is 0 Å². The Morgan fingerprint density at radius 1 is 1.38 bits per heavy atom. The number of nitrogens with zero attached hydrogens (tertiary/aromatic N) is 1. The molecule has 0 heterocycles. The second kappa shape index (κ2) is 7.64. The third kappa shape index (κ3) is 5.83. The lowest BCUT2D eigenvalue weighted by Gasteiger charge is -2.08. The maximum absolute atomic E-state index is 11.8. The van der Waals surface area contributed by atoms with E-state index in [0.717, 1.165) is 0 Å². The normalized spacial score (nSPS) is 11.4. The van der Waals surface area contributed by atoms with Crippen molar-refractivity contribution in [3.63, 3.8) is 0 Å². The zero-order valence-electron chi connectivity index (χ0n) is 12.1. The lowest BCUT2D eigenvalue weighted by Crippen LogP contribution is -2.31. The Labute approximate surface area is 128 Å². The van der Waals surface area contributed by atoms with E-state index in [1.54, 1.807) is 6.92 Å². The molecule has 0 aliphatic rings. The number of hydrogen-bond donors (Lipinski definition) is 3. The van der Waals surface area contributed by atoms with Crippen LogP contribution in [-0.2, 0) is 4.79 Å². The molecule has 0 aromatic heterocycles. The molecule has 1 rings (SSSR count). The molecule has 0 saturated carbocycles. The summed E-state index contributed by atoms with van der Waals surface area (Å²) in [6.45, 7) is 5.33. The van der Waals surface area contributed by atoms with Crippen molar-refractivity contribution in [2.45, 2.75) is 33.2 Å². The number of carbonyl (C=O) groups is 2. The molecule has 0 fully saturated rings. The lowest BCUT2D eigenvalue weighted by molar-refractivity contribution is -0.120. The van der Waals surface area contributed by atoms with Gasteiger partial charge in [-0.15, -0.1) is 0 Å². The summed E-state index contributed by atoms with van der Waals surface area (Å²) >= 11 is 5.76. The topological polar surface area (TPSA) is 90.8 Å². The second-order valence-corrected chi connectivity index (χ2v) is 5.28. The van der Waals surface area contributed by atoms with Crippen LogP contribution in [0.2, 0.25) is 5.02 Å². The predicted molar refractivity (Wildman–Crippen MR) is 81.6 cm³/mol. The summed E-state index contributed by atoms with van der Waals surface area (Å²) in [6, 6.07) is 4.17. The molecule has 114 valence electrons. The summed E-state index contributed by atoms with van der Waals surface area (Å²) in [5, 5.41) is 16.5. The highest BCUT2D eigenvalue weighted by Gasteiger charge is 2.11. The molecule has 0 bridgehead atoms. The van der Waals surface area contributed by atoms with Gasteiger partial charge in [0.1, 0.15) is 5.75 Å². The minimum absolute atomic E-state index is 0.0191. The second-order valence-electron chi connectivity index (χ2n) is 4.85. The Morgan fingerprint density at radius 2 is 2.05 bits per heavy atom. The van der Waals surface area contributed by atoms with Gasteiger partial charge in [0.25, 0.3) is 5.91 Å². The largest absolute Gasteiger partial charge is 0.507 e. The van der Waals surface area contributed by atoms with Gasteiger partial charge in [-0.25, -0.2) is 5.43 Å². The average molecular weight is 312 g/mol. The quantitative estimate of drug-likeness (QED) is 0.574. The van der Waals surface area contributed by atoms with Gasteiger partial charge in [0.05, 0.1) is 12.0 Å². The highest BCUT2D eigenvalue weighted by Crippen LogP contribution is 2.21. The minimum atomic E-state index is -0.599.